The van der Waals surface area contributed by atoms with Gasteiger partial charge < -0.3 is 19.9 Å². The molecule has 2 aliphatic rings. The first-order valence-electron chi connectivity index (χ1n) is 8.97. The van der Waals surface area contributed by atoms with Gasteiger partial charge in [-0.3, -0.25) is 9.69 Å². The van der Waals surface area contributed by atoms with Crippen molar-refractivity contribution in [2.75, 3.05) is 59.0 Å². The Bertz CT molecular complexity index is 637. The third kappa shape index (κ3) is 5.33. The summed E-state index contributed by atoms with van der Waals surface area (Å²) < 4.78 is 5.30. The van der Waals surface area contributed by atoms with E-state index in [0.717, 1.165) is 38.4 Å². The molecule has 26 heavy (non-hydrogen) atoms. The minimum absolute atomic E-state index is 0.103. The Morgan fingerprint density at radius 3 is 2.69 bits per heavy atom. The first-order valence-corrected chi connectivity index (χ1v) is 9.35. The van der Waals surface area contributed by atoms with Crippen LogP contribution in [0.1, 0.15) is 5.56 Å². The minimum Gasteiger partial charge on any atom is -0.379 e. The number of ether oxygens (including phenoxy) is 1. The molecule has 0 radical (unpaired) electrons. The Morgan fingerprint density at radius 2 is 1.92 bits per heavy atom. The number of halogens is 1. The second-order valence-corrected chi connectivity index (χ2v) is 7.00. The molecule has 0 atom stereocenters. The summed E-state index contributed by atoms with van der Waals surface area (Å²) in [6, 6.07) is 7.38. The van der Waals surface area contributed by atoms with Crippen LogP contribution in [0.4, 0.5) is 4.79 Å². The van der Waals surface area contributed by atoms with E-state index in [4.69, 9.17) is 16.3 Å². The number of carbonyl (C=O) groups excluding carboxylic acids is 2. The molecule has 3 amide bonds. The van der Waals surface area contributed by atoms with Gasteiger partial charge in [-0.1, -0.05) is 23.7 Å². The summed E-state index contributed by atoms with van der Waals surface area (Å²) in [7, 11) is 0. The lowest BCUT2D eigenvalue weighted by molar-refractivity contribution is -0.121. The number of hydrogen-bond donors (Lipinski definition) is 1. The van der Waals surface area contributed by atoms with Crippen LogP contribution in [0.3, 0.4) is 0 Å². The number of carbonyl (C=O) groups is 2. The SMILES string of the molecule is O=C(CN1CCN(Cc2cccc(Cl)c2)C1=O)NCCN1CCOCC1. The van der Waals surface area contributed by atoms with Crippen LogP contribution in [0.15, 0.2) is 24.3 Å². The van der Waals surface area contributed by atoms with Crippen molar-refractivity contribution in [2.24, 2.45) is 0 Å². The van der Waals surface area contributed by atoms with E-state index in [1.807, 2.05) is 24.3 Å². The van der Waals surface area contributed by atoms with Gasteiger partial charge in [-0.05, 0) is 17.7 Å². The molecule has 2 fully saturated rings. The van der Waals surface area contributed by atoms with Gasteiger partial charge in [-0.15, -0.1) is 0 Å². The average molecular weight is 381 g/mol. The molecule has 2 heterocycles. The Hall–Kier alpha value is -1.83. The van der Waals surface area contributed by atoms with Crippen LogP contribution in [-0.2, 0) is 16.1 Å². The highest BCUT2D eigenvalue weighted by molar-refractivity contribution is 6.30. The number of morpholine rings is 1. The van der Waals surface area contributed by atoms with Crippen molar-refractivity contribution < 1.29 is 14.3 Å². The zero-order chi connectivity index (χ0) is 18.4. The number of amides is 3. The summed E-state index contributed by atoms with van der Waals surface area (Å²) in [4.78, 5) is 30.2. The van der Waals surface area contributed by atoms with E-state index in [0.29, 0.717) is 31.2 Å². The predicted octanol–water partition coefficient (Wildman–Crippen LogP) is 1.03. The van der Waals surface area contributed by atoms with E-state index in [9.17, 15) is 9.59 Å². The van der Waals surface area contributed by atoms with Crippen LogP contribution in [0, 0.1) is 0 Å². The molecule has 1 aromatic carbocycles. The molecule has 1 N–H and O–H groups in total. The van der Waals surface area contributed by atoms with Crippen molar-refractivity contribution in [3.63, 3.8) is 0 Å². The standard InChI is InChI=1S/C18H25ClN4O3/c19-16-3-1-2-15(12-16)13-22-6-7-23(18(22)25)14-17(24)20-4-5-21-8-10-26-11-9-21/h1-3,12H,4-11,13-14H2,(H,20,24). The fraction of sp³-hybridized carbons (Fsp3) is 0.556. The Kier molecular flexibility index (Phi) is 6.71. The minimum atomic E-state index is -0.115. The van der Waals surface area contributed by atoms with Crippen LogP contribution in [0.5, 0.6) is 0 Å². The van der Waals surface area contributed by atoms with E-state index >= 15 is 0 Å². The fourth-order valence-electron chi connectivity index (χ4n) is 3.19. The molecule has 3 rings (SSSR count). The van der Waals surface area contributed by atoms with Crippen molar-refractivity contribution in [3.05, 3.63) is 34.9 Å². The summed E-state index contributed by atoms with van der Waals surface area (Å²) >= 11 is 5.99. The summed E-state index contributed by atoms with van der Waals surface area (Å²) in [6.45, 7) is 6.50. The Morgan fingerprint density at radius 1 is 1.15 bits per heavy atom. The van der Waals surface area contributed by atoms with Crippen molar-refractivity contribution >= 4 is 23.5 Å². The average Bonchev–Trinajstić information content (AvgIpc) is 2.96. The number of nitrogens with one attached hydrogen (secondary N) is 1. The van der Waals surface area contributed by atoms with Crippen LogP contribution >= 0.6 is 11.6 Å². The highest BCUT2D eigenvalue weighted by atomic mass is 35.5. The molecule has 0 bridgehead atoms. The number of urea groups is 1. The molecule has 0 aromatic heterocycles. The molecule has 0 saturated carbocycles. The molecule has 1 aromatic rings. The van der Waals surface area contributed by atoms with Gasteiger partial charge in [-0.2, -0.15) is 0 Å². The van der Waals surface area contributed by atoms with E-state index in [2.05, 4.69) is 10.2 Å². The number of hydrogen-bond acceptors (Lipinski definition) is 4. The van der Waals surface area contributed by atoms with Gasteiger partial charge in [0.15, 0.2) is 0 Å². The Balaban J connectivity index is 1.39. The van der Waals surface area contributed by atoms with E-state index < -0.39 is 0 Å². The molecule has 8 heteroatoms. The molecule has 7 nitrogen and oxygen atoms in total. The molecular weight excluding hydrogens is 356 g/mol. The van der Waals surface area contributed by atoms with Crippen molar-refractivity contribution in [3.8, 4) is 0 Å². The lowest BCUT2D eigenvalue weighted by atomic mass is 10.2. The maximum Gasteiger partial charge on any atom is 0.320 e. The van der Waals surface area contributed by atoms with Gasteiger partial charge in [0.2, 0.25) is 5.91 Å². The van der Waals surface area contributed by atoms with Crippen molar-refractivity contribution in [2.45, 2.75) is 6.54 Å². The normalized spacial score (nSPS) is 18.4. The monoisotopic (exact) mass is 380 g/mol. The van der Waals surface area contributed by atoms with Crippen LogP contribution in [0.25, 0.3) is 0 Å². The zero-order valence-electron chi connectivity index (χ0n) is 14.8. The second kappa shape index (κ2) is 9.21. The van der Waals surface area contributed by atoms with Gasteiger partial charge in [0.25, 0.3) is 0 Å². The van der Waals surface area contributed by atoms with Gasteiger partial charge in [-0.25, -0.2) is 4.79 Å². The molecule has 142 valence electrons. The lowest BCUT2D eigenvalue weighted by Gasteiger charge is -2.26. The predicted molar refractivity (Wildman–Crippen MR) is 99.1 cm³/mol. The molecule has 0 aliphatic carbocycles. The van der Waals surface area contributed by atoms with Crippen LogP contribution in [0.2, 0.25) is 5.02 Å². The number of benzene rings is 1. The quantitative estimate of drug-likeness (QED) is 0.767. The molecular formula is C18H25ClN4O3. The van der Waals surface area contributed by atoms with E-state index in [1.165, 1.54) is 0 Å². The largest absolute Gasteiger partial charge is 0.379 e. The first kappa shape index (κ1) is 18.9. The Labute approximate surface area is 158 Å². The lowest BCUT2D eigenvalue weighted by Crippen LogP contribution is -2.44. The summed E-state index contributed by atoms with van der Waals surface area (Å²) in [5.74, 6) is -0.115. The molecule has 0 unspecified atom stereocenters. The maximum atomic E-state index is 12.5. The number of rotatable bonds is 7. The van der Waals surface area contributed by atoms with Gasteiger partial charge in [0.05, 0.1) is 13.2 Å². The van der Waals surface area contributed by atoms with Crippen molar-refractivity contribution in [1.82, 2.24) is 20.0 Å². The smallest absolute Gasteiger partial charge is 0.320 e. The molecule has 2 aliphatic heterocycles. The third-order valence-corrected chi connectivity index (χ3v) is 4.87. The first-order chi connectivity index (χ1) is 12.6. The van der Waals surface area contributed by atoms with E-state index in [1.54, 1.807) is 9.80 Å². The number of nitrogens with zero attached hydrogens (tertiary/aromatic N) is 3. The van der Waals surface area contributed by atoms with Crippen LogP contribution < -0.4 is 5.32 Å². The molecule has 2 saturated heterocycles. The molecule has 0 spiro atoms. The highest BCUT2D eigenvalue weighted by Crippen LogP contribution is 2.16. The fourth-order valence-corrected chi connectivity index (χ4v) is 3.40. The van der Waals surface area contributed by atoms with Gasteiger partial charge in [0.1, 0.15) is 6.54 Å². The third-order valence-electron chi connectivity index (χ3n) is 4.63. The summed E-state index contributed by atoms with van der Waals surface area (Å²) in [6.07, 6.45) is 0. The zero-order valence-corrected chi connectivity index (χ0v) is 15.6. The maximum absolute atomic E-state index is 12.5. The van der Waals surface area contributed by atoms with Crippen molar-refractivity contribution in [1.29, 1.82) is 0 Å². The second-order valence-electron chi connectivity index (χ2n) is 6.56. The van der Waals surface area contributed by atoms with E-state index in [-0.39, 0.29) is 18.5 Å². The highest BCUT2D eigenvalue weighted by Gasteiger charge is 2.29. The van der Waals surface area contributed by atoms with Gasteiger partial charge in [0, 0.05) is 50.8 Å². The van der Waals surface area contributed by atoms with Crippen LogP contribution in [-0.4, -0.2) is 85.7 Å². The summed E-state index contributed by atoms with van der Waals surface area (Å²) in [5.41, 5.74) is 0.989. The summed E-state index contributed by atoms with van der Waals surface area (Å²) in [5, 5.41) is 3.56. The van der Waals surface area contributed by atoms with Gasteiger partial charge >= 0.3 is 6.03 Å². The topological polar surface area (TPSA) is 65.1 Å².